The van der Waals surface area contributed by atoms with Gasteiger partial charge in [-0.05, 0) is 6.42 Å². The highest BCUT2D eigenvalue weighted by molar-refractivity contribution is 5.31. The van der Waals surface area contributed by atoms with Crippen molar-refractivity contribution in [2.45, 2.75) is 26.3 Å². The molecule has 0 bridgehead atoms. The molecule has 2 rings (SSSR count). The van der Waals surface area contributed by atoms with Crippen molar-refractivity contribution in [2.75, 3.05) is 26.3 Å². The number of rotatable bonds is 9. The number of hydrogen-bond donors (Lipinski definition) is 1. The third kappa shape index (κ3) is 3.88. The number of hydrogen-bond acceptors (Lipinski definition) is 5. The summed E-state index contributed by atoms with van der Waals surface area (Å²) in [6, 6.07) is 0. The van der Waals surface area contributed by atoms with Crippen molar-refractivity contribution < 1.29 is 4.74 Å². The quantitative estimate of drug-likeness (QED) is 0.668. The smallest absolute Gasteiger partial charge is 0.350 e. The average molecular weight is 279 g/mol. The number of nitrogens with one attached hydrogen (secondary N) is 1. The lowest BCUT2D eigenvalue weighted by Gasteiger charge is -2.05. The predicted octanol–water partition coefficient (Wildman–Crippen LogP) is 0.297. The van der Waals surface area contributed by atoms with Gasteiger partial charge in [-0.15, -0.1) is 5.10 Å². The Morgan fingerprint density at radius 3 is 3.05 bits per heavy atom. The maximum Gasteiger partial charge on any atom is 0.350 e. The first-order valence-corrected chi connectivity index (χ1v) is 7.00. The summed E-state index contributed by atoms with van der Waals surface area (Å²) in [7, 11) is 0. The zero-order chi connectivity index (χ0) is 14.2. The summed E-state index contributed by atoms with van der Waals surface area (Å²) in [5, 5.41) is 7.44. The lowest BCUT2D eigenvalue weighted by Crippen LogP contribution is -2.29. The van der Waals surface area contributed by atoms with E-state index < -0.39 is 0 Å². The second-order valence-corrected chi connectivity index (χ2v) is 4.53. The molecule has 0 unspecified atom stereocenters. The fourth-order valence-corrected chi connectivity index (χ4v) is 1.83. The summed E-state index contributed by atoms with van der Waals surface area (Å²) in [6.45, 7) is 5.67. The van der Waals surface area contributed by atoms with E-state index in [4.69, 9.17) is 4.74 Å². The van der Waals surface area contributed by atoms with Gasteiger partial charge in [-0.1, -0.05) is 13.3 Å². The van der Waals surface area contributed by atoms with E-state index in [1.807, 2.05) is 0 Å². The predicted molar refractivity (Wildman–Crippen MR) is 75.8 cm³/mol. The summed E-state index contributed by atoms with van der Waals surface area (Å²) in [6.07, 6.45) is 7.03. The van der Waals surface area contributed by atoms with Crippen molar-refractivity contribution in [3.63, 3.8) is 0 Å². The summed E-state index contributed by atoms with van der Waals surface area (Å²) in [4.78, 5) is 15.9. The van der Waals surface area contributed by atoms with Crippen molar-refractivity contribution in [3.05, 3.63) is 29.1 Å². The monoisotopic (exact) mass is 279 g/mol. The van der Waals surface area contributed by atoms with E-state index in [9.17, 15) is 4.79 Å². The molecule has 0 aliphatic rings. The maximum atomic E-state index is 11.9. The largest absolute Gasteiger partial charge is 0.380 e. The lowest BCUT2D eigenvalue weighted by molar-refractivity contribution is 0.133. The van der Waals surface area contributed by atoms with Gasteiger partial charge in [-0.2, -0.15) is 0 Å². The maximum absolute atomic E-state index is 11.9. The fourth-order valence-electron chi connectivity index (χ4n) is 1.83. The molecule has 2 aromatic heterocycles. The first-order valence-electron chi connectivity index (χ1n) is 7.00. The fraction of sp³-hybridized carbons (Fsp3) is 0.615. The van der Waals surface area contributed by atoms with Crippen molar-refractivity contribution in [3.8, 4) is 0 Å². The van der Waals surface area contributed by atoms with E-state index in [0.29, 0.717) is 25.3 Å². The van der Waals surface area contributed by atoms with E-state index in [1.165, 1.54) is 9.08 Å². The highest BCUT2D eigenvalue weighted by Crippen LogP contribution is 1.91. The Morgan fingerprint density at radius 1 is 1.35 bits per heavy atom. The molecule has 0 aromatic carbocycles. The van der Waals surface area contributed by atoms with Crippen molar-refractivity contribution in [1.82, 2.24) is 24.5 Å². The van der Waals surface area contributed by atoms with Crippen LogP contribution in [0.5, 0.6) is 0 Å². The number of unbranched alkanes of at least 4 members (excludes halogenated alkanes) is 1. The normalized spacial score (nSPS) is 11.2. The van der Waals surface area contributed by atoms with Crippen LogP contribution < -0.4 is 11.0 Å². The molecular weight excluding hydrogens is 258 g/mol. The minimum atomic E-state index is -0.136. The van der Waals surface area contributed by atoms with Gasteiger partial charge in [0, 0.05) is 32.1 Å². The second kappa shape index (κ2) is 7.76. The number of fused-ring (bicyclic) bond motifs is 1. The topological polar surface area (TPSA) is 73.4 Å². The molecule has 0 spiro atoms. The van der Waals surface area contributed by atoms with Crippen LogP contribution >= 0.6 is 0 Å². The molecule has 0 saturated heterocycles. The third-order valence-corrected chi connectivity index (χ3v) is 2.95. The molecule has 2 aromatic rings. The minimum Gasteiger partial charge on any atom is -0.380 e. The SMILES string of the molecule is CCCCOCCNCCn1nc2cnccn2c1=O. The highest BCUT2D eigenvalue weighted by Gasteiger charge is 2.05. The second-order valence-electron chi connectivity index (χ2n) is 4.53. The molecule has 0 amide bonds. The van der Waals surface area contributed by atoms with Gasteiger partial charge in [0.05, 0.1) is 19.3 Å². The Kier molecular flexibility index (Phi) is 5.69. The zero-order valence-electron chi connectivity index (χ0n) is 11.8. The summed E-state index contributed by atoms with van der Waals surface area (Å²) in [5.41, 5.74) is 0.434. The van der Waals surface area contributed by atoms with Crippen LogP contribution in [0.2, 0.25) is 0 Å². The van der Waals surface area contributed by atoms with Gasteiger partial charge in [0.25, 0.3) is 0 Å². The highest BCUT2D eigenvalue weighted by atomic mass is 16.5. The molecule has 1 N–H and O–H groups in total. The van der Waals surface area contributed by atoms with Gasteiger partial charge < -0.3 is 10.1 Å². The average Bonchev–Trinajstić information content (AvgIpc) is 2.79. The van der Waals surface area contributed by atoms with Crippen LogP contribution in [0, 0.1) is 0 Å². The van der Waals surface area contributed by atoms with E-state index in [0.717, 1.165) is 26.0 Å². The van der Waals surface area contributed by atoms with Crippen LogP contribution in [0.25, 0.3) is 5.65 Å². The van der Waals surface area contributed by atoms with E-state index in [2.05, 4.69) is 22.3 Å². The number of ether oxygens (including phenoxy) is 1. The first kappa shape index (κ1) is 14.7. The summed E-state index contributed by atoms with van der Waals surface area (Å²) in [5.74, 6) is 0. The van der Waals surface area contributed by atoms with E-state index >= 15 is 0 Å². The van der Waals surface area contributed by atoms with Crippen LogP contribution in [-0.4, -0.2) is 45.5 Å². The van der Waals surface area contributed by atoms with Gasteiger partial charge in [-0.25, -0.2) is 13.9 Å². The van der Waals surface area contributed by atoms with Crippen LogP contribution in [0.15, 0.2) is 23.4 Å². The van der Waals surface area contributed by atoms with E-state index in [-0.39, 0.29) is 5.69 Å². The molecule has 0 aliphatic carbocycles. The van der Waals surface area contributed by atoms with Gasteiger partial charge in [0.1, 0.15) is 0 Å². The summed E-state index contributed by atoms with van der Waals surface area (Å²) >= 11 is 0. The van der Waals surface area contributed by atoms with Crippen LogP contribution in [-0.2, 0) is 11.3 Å². The van der Waals surface area contributed by atoms with E-state index in [1.54, 1.807) is 18.6 Å². The van der Waals surface area contributed by atoms with Crippen LogP contribution in [0.1, 0.15) is 19.8 Å². The molecule has 7 nitrogen and oxygen atoms in total. The van der Waals surface area contributed by atoms with Gasteiger partial charge >= 0.3 is 5.69 Å². The third-order valence-electron chi connectivity index (χ3n) is 2.95. The zero-order valence-corrected chi connectivity index (χ0v) is 11.8. The Labute approximate surface area is 117 Å². The molecule has 2 heterocycles. The molecular formula is C13H21N5O2. The van der Waals surface area contributed by atoms with Gasteiger partial charge in [0.15, 0.2) is 5.65 Å². The van der Waals surface area contributed by atoms with Crippen molar-refractivity contribution in [1.29, 1.82) is 0 Å². The molecule has 110 valence electrons. The molecule has 0 fully saturated rings. The molecule has 0 aliphatic heterocycles. The Hall–Kier alpha value is -1.73. The van der Waals surface area contributed by atoms with Crippen molar-refractivity contribution >= 4 is 5.65 Å². The molecule has 20 heavy (non-hydrogen) atoms. The summed E-state index contributed by atoms with van der Waals surface area (Å²) < 4.78 is 8.37. The Morgan fingerprint density at radius 2 is 2.25 bits per heavy atom. The standard InChI is InChI=1S/C13H21N5O2/c1-2-3-9-20-10-6-14-5-8-18-13(19)17-7-4-15-11-12(17)16-18/h4,7,11,14H,2-3,5-6,8-10H2,1H3. The number of aromatic nitrogens is 4. The molecule has 0 saturated carbocycles. The van der Waals surface area contributed by atoms with Crippen LogP contribution in [0.3, 0.4) is 0 Å². The minimum absolute atomic E-state index is 0.136. The first-order chi connectivity index (χ1) is 9.83. The molecule has 0 atom stereocenters. The Balaban J connectivity index is 1.71. The number of nitrogens with zero attached hydrogens (tertiary/aromatic N) is 4. The van der Waals surface area contributed by atoms with Gasteiger partial charge in [-0.3, -0.25) is 4.98 Å². The lowest BCUT2D eigenvalue weighted by atomic mass is 10.4. The van der Waals surface area contributed by atoms with Crippen LogP contribution in [0.4, 0.5) is 0 Å². The molecule has 7 heteroatoms. The van der Waals surface area contributed by atoms with Crippen molar-refractivity contribution in [2.24, 2.45) is 0 Å². The Bertz CT molecular complexity index is 577. The van der Waals surface area contributed by atoms with Gasteiger partial charge in [0.2, 0.25) is 0 Å². The molecule has 0 radical (unpaired) electrons.